The summed E-state index contributed by atoms with van der Waals surface area (Å²) in [5.41, 5.74) is 24.8. The van der Waals surface area contributed by atoms with Crippen molar-refractivity contribution < 1.29 is 46.5 Å². The molecule has 0 unspecified atom stereocenters. The minimum absolute atomic E-state index is 0.0139. The Morgan fingerprint density at radius 3 is 0.600 bits per heavy atom. The van der Waals surface area contributed by atoms with Crippen molar-refractivity contribution in [1.29, 1.82) is 0 Å². The van der Waals surface area contributed by atoms with E-state index < -0.39 is 26.1 Å². The Bertz CT molecular complexity index is 149. The molecule has 0 atom stereocenters. The van der Waals surface area contributed by atoms with Gasteiger partial charge in [-0.3, -0.25) is 0 Å². The Balaban J connectivity index is -0.0000000434. The quantitative estimate of drug-likeness (QED) is 0.313. The second-order valence-corrected chi connectivity index (χ2v) is 31.8. The van der Waals surface area contributed by atoms with E-state index in [1.807, 2.05) is 0 Å². The fourth-order valence-corrected chi connectivity index (χ4v) is 0. The van der Waals surface area contributed by atoms with Gasteiger partial charge in [-0.2, -0.15) is 0 Å². The molecule has 0 amide bonds. The molecule has 0 fully saturated rings. The number of nitrogens with one attached hydrogen (secondary N) is 4. The molecule has 0 aromatic carbocycles. The Labute approximate surface area is 186 Å². The van der Waals surface area contributed by atoms with Crippen LogP contribution in [0.2, 0.25) is 0 Å². The van der Waals surface area contributed by atoms with Crippen LogP contribution in [-0.2, 0) is 26.1 Å². The molecule has 8 nitrogen and oxygen atoms in total. The molecule has 0 radical (unpaired) electrons. The topological polar surface area (TPSA) is 176 Å². The Morgan fingerprint density at radius 2 is 0.600 bits per heavy atom. The fourth-order valence-electron chi connectivity index (χ4n) is 0. The maximum absolute atomic E-state index is 7.69. The first kappa shape index (κ1) is 42.2. The Morgan fingerprint density at radius 1 is 0.560 bits per heavy atom. The van der Waals surface area contributed by atoms with Crippen molar-refractivity contribution in [3.63, 3.8) is 0 Å². The van der Waals surface area contributed by atoms with E-state index in [9.17, 15) is 0 Å². The van der Waals surface area contributed by atoms with Crippen LogP contribution in [0.25, 0.3) is 22.9 Å². The van der Waals surface area contributed by atoms with Gasteiger partial charge in [0.15, 0.2) is 0 Å². The third-order valence-electron chi connectivity index (χ3n) is 0.447. The summed E-state index contributed by atoms with van der Waals surface area (Å²) in [4.78, 5) is 0. The normalized spacial score (nSPS) is 9.64. The number of aliphatic hydroxyl groups is 4. The molecule has 17 heteroatoms. The molecule has 171 valence electrons. The maximum Gasteiger partial charge on any atom is 0.0241 e. The van der Waals surface area contributed by atoms with E-state index in [4.69, 9.17) is 109 Å². The van der Waals surface area contributed by atoms with Gasteiger partial charge in [-0.15, -0.1) is 26.2 Å². The predicted molar refractivity (Wildman–Crippen MR) is 106 cm³/mol. The number of halogens is 7. The molecule has 0 bridgehead atoms. The van der Waals surface area contributed by atoms with Crippen LogP contribution < -0.4 is 0 Å². The van der Waals surface area contributed by atoms with Crippen molar-refractivity contribution in [2.75, 3.05) is 52.6 Å². The molecular formula is C8H24Cl7N4O4Pt2-2. The molecule has 0 spiro atoms. The maximum atomic E-state index is 7.69. The van der Waals surface area contributed by atoms with Crippen molar-refractivity contribution >= 4 is 65.9 Å². The summed E-state index contributed by atoms with van der Waals surface area (Å²) in [6.07, 6.45) is 0. The van der Waals surface area contributed by atoms with E-state index >= 15 is 0 Å². The average molecular weight is 879 g/mol. The molecule has 0 saturated carbocycles. The van der Waals surface area contributed by atoms with Gasteiger partial charge in [0.05, 0.1) is 0 Å². The summed E-state index contributed by atoms with van der Waals surface area (Å²) < 4.78 is 0. The third kappa shape index (κ3) is 339. The summed E-state index contributed by atoms with van der Waals surface area (Å²) >= 11 is -4.91. The van der Waals surface area contributed by atoms with Crippen LogP contribution in [0.3, 0.4) is 0 Å². The first-order chi connectivity index (χ1) is 11.4. The standard InChI is InChI=1S/4C2H6NO.7ClH.2Pt/c4*3-1-2-4;;;;;;;;;/h4*3-4H,1-2H2;7*1H;;/q4*-1;;;;;;;;+3;+6/p-7. The number of aliphatic hydroxyl groups excluding tert-OH is 4. The summed E-state index contributed by atoms with van der Waals surface area (Å²) in [7, 11) is 34.9. The van der Waals surface area contributed by atoms with Crippen LogP contribution in [-0.4, -0.2) is 73.0 Å². The van der Waals surface area contributed by atoms with Gasteiger partial charge in [0.2, 0.25) is 0 Å². The van der Waals surface area contributed by atoms with Crippen molar-refractivity contribution in [3.05, 3.63) is 22.9 Å². The van der Waals surface area contributed by atoms with Gasteiger partial charge in [-0.05, 0) is 0 Å². The zero-order valence-electron chi connectivity index (χ0n) is 12.7. The predicted octanol–water partition coefficient (Wildman–Crippen LogP) is 4.95. The number of rotatable bonds is 4. The second-order valence-electron chi connectivity index (χ2n) is 2.30. The molecule has 0 aromatic heterocycles. The molecule has 0 aliphatic heterocycles. The van der Waals surface area contributed by atoms with E-state index in [1.54, 1.807) is 0 Å². The van der Waals surface area contributed by atoms with Gasteiger partial charge in [0.25, 0.3) is 0 Å². The smallest absolute Gasteiger partial charge is 0.0241 e. The van der Waals surface area contributed by atoms with Gasteiger partial charge in [-0.1, -0.05) is 0 Å². The van der Waals surface area contributed by atoms with Crippen LogP contribution >= 0.6 is 65.9 Å². The monoisotopic (exact) mass is 875 g/mol. The molecule has 8 N–H and O–H groups in total. The van der Waals surface area contributed by atoms with E-state index in [-0.39, 0.29) is 52.6 Å². The van der Waals surface area contributed by atoms with Gasteiger partial charge >= 0.3 is 92.0 Å². The minimum atomic E-state index is -3.06. The minimum Gasteiger partial charge on any atom is -0.676 e. The molecule has 0 heterocycles. The van der Waals surface area contributed by atoms with Crippen LogP contribution in [0.5, 0.6) is 0 Å². The van der Waals surface area contributed by atoms with Gasteiger partial charge in [0, 0.05) is 26.4 Å². The number of hydrogen-bond donors (Lipinski definition) is 4. The molecule has 0 aliphatic carbocycles. The van der Waals surface area contributed by atoms with E-state index in [1.165, 1.54) is 0 Å². The van der Waals surface area contributed by atoms with E-state index in [2.05, 4.69) is 0 Å². The Hall–Kier alpha value is 3.09. The van der Waals surface area contributed by atoms with Crippen molar-refractivity contribution in [3.8, 4) is 0 Å². The first-order valence-corrected chi connectivity index (χ1v) is 25.2. The summed E-state index contributed by atoms with van der Waals surface area (Å²) in [5, 5.41) is 30.8. The van der Waals surface area contributed by atoms with Gasteiger partial charge < -0.3 is 43.4 Å². The first-order valence-electron chi connectivity index (χ1n) is 5.52. The molecule has 25 heavy (non-hydrogen) atoms. The van der Waals surface area contributed by atoms with Crippen LogP contribution in [0.15, 0.2) is 0 Å². The van der Waals surface area contributed by atoms with E-state index in [0.29, 0.717) is 0 Å². The molecule has 0 saturated heterocycles. The van der Waals surface area contributed by atoms with Gasteiger partial charge in [0.1, 0.15) is 0 Å². The molecule has 0 rings (SSSR count). The molecular weight excluding hydrogens is 854 g/mol. The van der Waals surface area contributed by atoms with Crippen LogP contribution in [0.1, 0.15) is 0 Å². The SMILES string of the molecule is [Cl][Pt+2]([Cl])([Cl])[Cl].[Cl][Pt]([Cl])[Cl].[NH-]CCO.[NH-]CCO.[NH-]CCO.[NH-]CCO. The van der Waals surface area contributed by atoms with Crippen LogP contribution in [0, 0.1) is 0 Å². The van der Waals surface area contributed by atoms with Crippen molar-refractivity contribution in [1.82, 2.24) is 0 Å². The van der Waals surface area contributed by atoms with Crippen molar-refractivity contribution in [2.45, 2.75) is 0 Å². The molecule has 0 aliphatic rings. The fraction of sp³-hybridized carbons (Fsp3) is 1.00. The average Bonchev–Trinajstić information content (AvgIpc) is 2.53. The zero-order valence-corrected chi connectivity index (χ0v) is 22.6. The van der Waals surface area contributed by atoms with E-state index in [0.717, 1.165) is 0 Å². The van der Waals surface area contributed by atoms with Crippen molar-refractivity contribution in [2.24, 2.45) is 0 Å². The largest absolute Gasteiger partial charge is 0.676 e. The third-order valence-corrected chi connectivity index (χ3v) is 0.447. The summed E-state index contributed by atoms with van der Waals surface area (Å²) in [5.74, 6) is 0. The zero-order chi connectivity index (χ0) is 21.7. The van der Waals surface area contributed by atoms with Gasteiger partial charge in [-0.25, -0.2) is 0 Å². The number of hydrogen-bond acceptors (Lipinski definition) is 4. The second kappa shape index (κ2) is 45.7. The summed E-state index contributed by atoms with van der Waals surface area (Å²) in [6.45, 7) is 0.444. The molecule has 0 aromatic rings. The Kier molecular flexibility index (Phi) is 77.2. The summed E-state index contributed by atoms with van der Waals surface area (Å²) in [6, 6.07) is 0. The van der Waals surface area contributed by atoms with Crippen LogP contribution in [0.4, 0.5) is 0 Å².